The third-order valence-electron chi connectivity index (χ3n) is 4.48. The van der Waals surface area contributed by atoms with Crippen LogP contribution in [-0.2, 0) is 4.74 Å². The number of nitrogens with one attached hydrogen (secondary N) is 1. The van der Waals surface area contributed by atoms with Crippen LogP contribution in [0.25, 0.3) is 0 Å². The third kappa shape index (κ3) is 1.92. The molecule has 0 aromatic rings. The Morgan fingerprint density at radius 1 is 1.19 bits per heavy atom. The zero-order chi connectivity index (χ0) is 11.8. The largest absolute Gasteiger partial charge is 0.381 e. The number of allylic oxidation sites excluding steroid dienone is 3. The third-order valence-corrected chi connectivity index (χ3v) is 8.24. The Morgan fingerprint density at radius 3 is 2.38 bits per heavy atom. The van der Waals surface area contributed by atoms with Crippen LogP contribution >= 0.6 is 0 Å². The number of hydrogen-bond acceptors (Lipinski definition) is 2. The molecule has 16 heavy (non-hydrogen) atoms. The molecule has 1 N–H and O–H groups in total. The Kier molecular flexibility index (Phi) is 3.38. The lowest BCUT2D eigenvalue weighted by Gasteiger charge is -2.33. The van der Waals surface area contributed by atoms with E-state index in [0.717, 1.165) is 5.54 Å². The van der Waals surface area contributed by atoms with Crippen LogP contribution in [0.5, 0.6) is 0 Å². The van der Waals surface area contributed by atoms with Crippen molar-refractivity contribution in [2.75, 3.05) is 14.2 Å². The molecule has 4 atom stereocenters. The summed E-state index contributed by atoms with van der Waals surface area (Å²) in [6.07, 6.45) is 10.7. The van der Waals surface area contributed by atoms with Crippen LogP contribution in [0.15, 0.2) is 24.3 Å². The van der Waals surface area contributed by atoms with E-state index in [9.17, 15) is 0 Å². The van der Waals surface area contributed by atoms with Gasteiger partial charge in [0, 0.05) is 13.0 Å². The van der Waals surface area contributed by atoms with E-state index >= 15 is 0 Å². The van der Waals surface area contributed by atoms with Gasteiger partial charge in [0.1, 0.15) is 8.24 Å². The zero-order valence-corrected chi connectivity index (χ0v) is 11.7. The standard InChI is InChI=1S/C13H23NOSi/c1-14-16(3,4)13-9-12(15-2)10-7-5-6-8-11(10)13/h5-8,10-14H,9H2,1-4H3. The molecule has 0 aromatic carbocycles. The molecule has 0 radical (unpaired) electrons. The van der Waals surface area contributed by atoms with Crippen molar-refractivity contribution >= 4 is 8.24 Å². The average Bonchev–Trinajstić information content (AvgIpc) is 2.68. The molecule has 1 fully saturated rings. The first-order valence-electron chi connectivity index (χ1n) is 6.17. The lowest BCUT2D eigenvalue weighted by Crippen LogP contribution is -2.48. The normalized spacial score (nSPS) is 37.8. The highest BCUT2D eigenvalue weighted by Crippen LogP contribution is 2.49. The van der Waals surface area contributed by atoms with Gasteiger partial charge in [0.25, 0.3) is 0 Å². The average molecular weight is 237 g/mol. The Morgan fingerprint density at radius 2 is 1.81 bits per heavy atom. The zero-order valence-electron chi connectivity index (χ0n) is 10.7. The van der Waals surface area contributed by atoms with Crippen LogP contribution in [0.4, 0.5) is 0 Å². The fourth-order valence-electron chi connectivity index (χ4n) is 3.19. The molecule has 3 heteroatoms. The summed E-state index contributed by atoms with van der Waals surface area (Å²) in [5, 5.41) is 0. The molecule has 2 rings (SSSR count). The van der Waals surface area contributed by atoms with Crippen molar-refractivity contribution in [3.05, 3.63) is 24.3 Å². The molecule has 0 saturated heterocycles. The molecule has 90 valence electrons. The minimum absolute atomic E-state index is 0.413. The van der Waals surface area contributed by atoms with E-state index in [0.29, 0.717) is 17.9 Å². The molecule has 1 saturated carbocycles. The lowest BCUT2D eigenvalue weighted by atomic mass is 9.90. The van der Waals surface area contributed by atoms with Crippen molar-refractivity contribution < 1.29 is 4.74 Å². The van der Waals surface area contributed by atoms with Gasteiger partial charge in [0.05, 0.1) is 6.10 Å². The maximum atomic E-state index is 5.66. The Balaban J connectivity index is 2.23. The topological polar surface area (TPSA) is 21.3 Å². The Bertz CT molecular complexity index is 311. The number of ether oxygens (including phenoxy) is 1. The van der Waals surface area contributed by atoms with Crippen LogP contribution in [0.1, 0.15) is 6.42 Å². The molecule has 0 spiro atoms. The molecule has 2 nitrogen and oxygen atoms in total. The van der Waals surface area contributed by atoms with E-state index < -0.39 is 8.24 Å². The molecule has 0 aromatic heterocycles. The predicted octanol–water partition coefficient (Wildman–Crippen LogP) is 2.56. The monoisotopic (exact) mass is 237 g/mol. The van der Waals surface area contributed by atoms with E-state index in [1.165, 1.54) is 6.42 Å². The smallest absolute Gasteiger partial charge is 0.123 e. The van der Waals surface area contributed by atoms with Crippen LogP contribution in [-0.4, -0.2) is 28.5 Å². The lowest BCUT2D eigenvalue weighted by molar-refractivity contribution is 0.0814. The van der Waals surface area contributed by atoms with Gasteiger partial charge in [-0.1, -0.05) is 37.4 Å². The Labute approximate surface area is 99.9 Å². The van der Waals surface area contributed by atoms with Gasteiger partial charge in [0.15, 0.2) is 0 Å². The highest BCUT2D eigenvalue weighted by Gasteiger charge is 2.48. The van der Waals surface area contributed by atoms with Crippen LogP contribution in [0, 0.1) is 11.8 Å². The molecular formula is C13H23NOSi. The first kappa shape index (κ1) is 12.1. The van der Waals surface area contributed by atoms with E-state index in [1.807, 2.05) is 7.11 Å². The van der Waals surface area contributed by atoms with Gasteiger partial charge in [-0.05, 0) is 24.9 Å². The van der Waals surface area contributed by atoms with Gasteiger partial charge in [0.2, 0.25) is 0 Å². The fourth-order valence-corrected chi connectivity index (χ4v) is 5.68. The van der Waals surface area contributed by atoms with Crippen molar-refractivity contribution in [2.24, 2.45) is 11.8 Å². The van der Waals surface area contributed by atoms with Crippen molar-refractivity contribution in [3.8, 4) is 0 Å². The Hall–Kier alpha value is -0.383. The van der Waals surface area contributed by atoms with E-state index in [4.69, 9.17) is 4.74 Å². The van der Waals surface area contributed by atoms with Gasteiger partial charge in [-0.15, -0.1) is 0 Å². The van der Waals surface area contributed by atoms with Crippen LogP contribution in [0.3, 0.4) is 0 Å². The van der Waals surface area contributed by atoms with Gasteiger partial charge >= 0.3 is 0 Å². The molecule has 2 aliphatic carbocycles. The number of fused-ring (bicyclic) bond motifs is 1. The molecular weight excluding hydrogens is 214 g/mol. The van der Waals surface area contributed by atoms with E-state index in [-0.39, 0.29) is 0 Å². The van der Waals surface area contributed by atoms with Crippen molar-refractivity contribution in [2.45, 2.75) is 31.2 Å². The maximum absolute atomic E-state index is 5.66. The predicted molar refractivity (Wildman–Crippen MR) is 71.0 cm³/mol. The van der Waals surface area contributed by atoms with Crippen molar-refractivity contribution in [1.29, 1.82) is 0 Å². The quantitative estimate of drug-likeness (QED) is 0.762. The SMILES string of the molecule is CN[Si](C)(C)C1CC(OC)C2C=CC=CC21. The second kappa shape index (κ2) is 4.47. The molecule has 0 aliphatic heterocycles. The van der Waals surface area contributed by atoms with Gasteiger partial charge < -0.3 is 9.72 Å². The van der Waals surface area contributed by atoms with Gasteiger partial charge in [-0.3, -0.25) is 0 Å². The van der Waals surface area contributed by atoms with Crippen molar-refractivity contribution in [3.63, 3.8) is 0 Å². The molecule has 4 unspecified atom stereocenters. The molecule has 2 aliphatic rings. The second-order valence-electron chi connectivity index (χ2n) is 5.51. The second-order valence-corrected chi connectivity index (χ2v) is 10.2. The fraction of sp³-hybridized carbons (Fsp3) is 0.692. The van der Waals surface area contributed by atoms with Gasteiger partial charge in [-0.2, -0.15) is 0 Å². The first-order valence-corrected chi connectivity index (χ1v) is 9.24. The highest BCUT2D eigenvalue weighted by atomic mass is 28.3. The minimum Gasteiger partial charge on any atom is -0.381 e. The van der Waals surface area contributed by atoms with E-state index in [1.54, 1.807) is 0 Å². The summed E-state index contributed by atoms with van der Waals surface area (Å²) in [6.45, 7) is 4.86. The molecule has 0 heterocycles. The van der Waals surface area contributed by atoms with Gasteiger partial charge in [-0.25, -0.2) is 0 Å². The van der Waals surface area contributed by atoms with E-state index in [2.05, 4.69) is 49.4 Å². The summed E-state index contributed by atoms with van der Waals surface area (Å²) < 4.78 is 5.66. The summed E-state index contributed by atoms with van der Waals surface area (Å²) in [7, 11) is 2.64. The summed E-state index contributed by atoms with van der Waals surface area (Å²) in [5.41, 5.74) is 0.786. The summed E-state index contributed by atoms with van der Waals surface area (Å²) in [4.78, 5) is 3.59. The van der Waals surface area contributed by atoms with Crippen LogP contribution < -0.4 is 4.98 Å². The number of rotatable bonds is 3. The highest BCUT2D eigenvalue weighted by molar-refractivity contribution is 6.76. The van der Waals surface area contributed by atoms with Crippen LogP contribution in [0.2, 0.25) is 18.6 Å². The maximum Gasteiger partial charge on any atom is 0.123 e. The number of methoxy groups -OCH3 is 1. The molecule has 0 amide bonds. The number of hydrogen-bond donors (Lipinski definition) is 1. The minimum atomic E-state index is -1.33. The van der Waals surface area contributed by atoms with Crippen molar-refractivity contribution in [1.82, 2.24) is 4.98 Å². The summed E-state index contributed by atoms with van der Waals surface area (Å²) in [6, 6.07) is 0. The summed E-state index contributed by atoms with van der Waals surface area (Å²) in [5.74, 6) is 1.28. The summed E-state index contributed by atoms with van der Waals surface area (Å²) >= 11 is 0. The first-order chi connectivity index (χ1) is 7.60. The molecule has 0 bridgehead atoms.